The summed E-state index contributed by atoms with van der Waals surface area (Å²) < 4.78 is 24.1. The second kappa shape index (κ2) is 5.85. The van der Waals surface area contributed by atoms with Crippen LogP contribution in [0.15, 0.2) is 12.2 Å². The predicted octanol–water partition coefficient (Wildman–Crippen LogP) is -0.0297. The molecule has 0 aromatic carbocycles. The summed E-state index contributed by atoms with van der Waals surface area (Å²) in [5.41, 5.74) is 7.21. The van der Waals surface area contributed by atoms with E-state index in [2.05, 4.69) is 0 Å². The van der Waals surface area contributed by atoms with Gasteiger partial charge in [-0.1, -0.05) is 12.2 Å². The molecule has 13 heavy (non-hydrogen) atoms. The quantitative estimate of drug-likeness (QED) is 0.576. The summed E-state index contributed by atoms with van der Waals surface area (Å²) in [4.78, 5) is 10.3. The van der Waals surface area contributed by atoms with Crippen LogP contribution in [0.25, 0.3) is 0 Å². The summed E-state index contributed by atoms with van der Waals surface area (Å²) in [7, 11) is 0. The van der Waals surface area contributed by atoms with Gasteiger partial charge in [-0.3, -0.25) is 0 Å². The summed E-state index contributed by atoms with van der Waals surface area (Å²) in [5.74, 6) is -1.78. The van der Waals surface area contributed by atoms with Crippen molar-refractivity contribution < 1.29 is 18.7 Å². The van der Waals surface area contributed by atoms with Crippen molar-refractivity contribution in [2.24, 2.45) is 11.5 Å². The van der Waals surface area contributed by atoms with Crippen molar-refractivity contribution in [3.63, 3.8) is 0 Å². The average molecular weight is 217 g/mol. The molecule has 0 radical (unpaired) electrons. The summed E-state index contributed by atoms with van der Waals surface area (Å²) in [6, 6.07) is 0. The van der Waals surface area contributed by atoms with Gasteiger partial charge in [-0.05, 0) is 0 Å². The minimum Gasteiger partial charge on any atom is -0.479 e. The molecule has 1 unspecified atom stereocenters. The maximum absolute atomic E-state index is 12.1. The minimum absolute atomic E-state index is 0. The zero-order chi connectivity index (χ0) is 9.78. The fourth-order valence-electron chi connectivity index (χ4n) is 0.500. The zero-order valence-electron chi connectivity index (χ0n) is 6.61. The third kappa shape index (κ3) is 3.67. The Morgan fingerprint density at radius 3 is 2.31 bits per heavy atom. The number of halogens is 3. The second-order valence-corrected chi connectivity index (χ2v) is 2.18. The molecule has 0 saturated carbocycles. The van der Waals surface area contributed by atoms with Crippen molar-refractivity contribution in [2.45, 2.75) is 12.0 Å². The van der Waals surface area contributed by atoms with Crippen molar-refractivity contribution in [1.29, 1.82) is 0 Å². The van der Waals surface area contributed by atoms with Crippen LogP contribution in [0.3, 0.4) is 0 Å². The molecule has 0 saturated heterocycles. The number of nitrogens with two attached hydrogens (primary N) is 2. The molecule has 0 aromatic heterocycles. The van der Waals surface area contributed by atoms with Gasteiger partial charge >= 0.3 is 5.97 Å². The molecule has 0 heterocycles. The minimum atomic E-state index is -3.15. The van der Waals surface area contributed by atoms with Gasteiger partial charge in [0.1, 0.15) is 0 Å². The largest absolute Gasteiger partial charge is 0.479 e. The van der Waals surface area contributed by atoms with Crippen LogP contribution in [0.5, 0.6) is 0 Å². The highest BCUT2D eigenvalue weighted by atomic mass is 35.5. The van der Waals surface area contributed by atoms with E-state index in [-0.39, 0.29) is 19.0 Å². The Kier molecular flexibility index (Phi) is 6.65. The molecule has 7 heteroatoms. The van der Waals surface area contributed by atoms with E-state index < -0.39 is 17.9 Å². The van der Waals surface area contributed by atoms with Gasteiger partial charge in [0.2, 0.25) is 0 Å². The maximum Gasteiger partial charge on any atom is 0.333 e. The number of carboxylic acid groups (broad SMARTS) is 1. The Morgan fingerprint density at radius 1 is 1.62 bits per heavy atom. The molecule has 0 spiro atoms. The summed E-state index contributed by atoms with van der Waals surface area (Å²) in [6.45, 7) is -0.0288. The highest BCUT2D eigenvalue weighted by Gasteiger charge is 2.41. The Labute approximate surface area is 80.0 Å². The van der Waals surface area contributed by atoms with E-state index in [1.165, 1.54) is 0 Å². The number of aliphatic carboxylic acids is 1. The lowest BCUT2D eigenvalue weighted by molar-refractivity contribution is -0.146. The molecule has 5 N–H and O–H groups in total. The van der Waals surface area contributed by atoms with Crippen molar-refractivity contribution in [3.05, 3.63) is 12.2 Å². The van der Waals surface area contributed by atoms with Crippen molar-refractivity contribution in [3.8, 4) is 0 Å². The van der Waals surface area contributed by atoms with Crippen LogP contribution in [-0.4, -0.2) is 29.6 Å². The summed E-state index contributed by atoms with van der Waals surface area (Å²) in [6.07, 6.45) is -1.38. The first-order chi connectivity index (χ1) is 5.45. The predicted molar refractivity (Wildman–Crippen MR) is 46.0 cm³/mol. The number of carbonyl (C=O) groups is 1. The van der Waals surface area contributed by atoms with E-state index in [1.54, 1.807) is 0 Å². The first-order valence-electron chi connectivity index (χ1n) is 3.13. The van der Waals surface area contributed by atoms with Gasteiger partial charge in [0.05, 0.1) is 0 Å². The van der Waals surface area contributed by atoms with Crippen LogP contribution in [-0.2, 0) is 4.79 Å². The standard InChI is InChI=1S/C6H10F2N2O2.ClH/c7-4(8)6(10,5(11)12)2-1-3-9;/h1-2,4H,3,9-10H2,(H,11,12);1H/b2-1+;. The lowest BCUT2D eigenvalue weighted by Gasteiger charge is -2.18. The lowest BCUT2D eigenvalue weighted by Crippen LogP contribution is -2.52. The number of alkyl halides is 2. The first-order valence-corrected chi connectivity index (χ1v) is 3.13. The van der Waals surface area contributed by atoms with E-state index in [1.807, 2.05) is 0 Å². The smallest absolute Gasteiger partial charge is 0.333 e. The van der Waals surface area contributed by atoms with Gasteiger partial charge in [0.25, 0.3) is 6.43 Å². The highest BCUT2D eigenvalue weighted by Crippen LogP contribution is 2.14. The molecular formula is C6H11ClF2N2O2. The average Bonchev–Trinajstić information content (AvgIpc) is 1.99. The Hall–Kier alpha value is -0.720. The normalized spacial score (nSPS) is 15.5. The molecule has 0 fully saturated rings. The molecule has 0 aliphatic rings. The van der Waals surface area contributed by atoms with Gasteiger partial charge in [-0.25, -0.2) is 13.6 Å². The van der Waals surface area contributed by atoms with Crippen LogP contribution in [0.4, 0.5) is 8.78 Å². The molecule has 0 aliphatic heterocycles. The highest BCUT2D eigenvalue weighted by molar-refractivity contribution is 5.85. The van der Waals surface area contributed by atoms with E-state index in [4.69, 9.17) is 16.6 Å². The van der Waals surface area contributed by atoms with E-state index in [0.717, 1.165) is 6.08 Å². The van der Waals surface area contributed by atoms with Gasteiger partial charge in [0, 0.05) is 6.54 Å². The maximum atomic E-state index is 12.1. The molecule has 78 valence electrons. The SMILES string of the molecule is Cl.NC/C=C/C(N)(C(=O)O)C(F)F. The molecule has 0 amide bonds. The van der Waals surface area contributed by atoms with Crippen LogP contribution in [0, 0.1) is 0 Å². The molecule has 0 rings (SSSR count). The van der Waals surface area contributed by atoms with Crippen LogP contribution < -0.4 is 11.5 Å². The Bertz CT molecular complexity index is 201. The topological polar surface area (TPSA) is 89.3 Å². The Morgan fingerprint density at radius 2 is 2.08 bits per heavy atom. The fraction of sp³-hybridized carbons (Fsp3) is 0.500. The van der Waals surface area contributed by atoms with Gasteiger partial charge in [-0.2, -0.15) is 0 Å². The van der Waals surface area contributed by atoms with Crippen molar-refractivity contribution in [1.82, 2.24) is 0 Å². The van der Waals surface area contributed by atoms with Crippen LogP contribution in [0.2, 0.25) is 0 Å². The summed E-state index contributed by atoms with van der Waals surface area (Å²) in [5, 5.41) is 8.33. The number of hydrogen-bond donors (Lipinski definition) is 3. The number of rotatable bonds is 4. The number of carboxylic acids is 1. The molecule has 0 bridgehead atoms. The third-order valence-corrected chi connectivity index (χ3v) is 1.26. The monoisotopic (exact) mass is 216 g/mol. The molecule has 0 aromatic rings. The molecule has 0 aliphatic carbocycles. The Balaban J connectivity index is 0. The second-order valence-electron chi connectivity index (χ2n) is 2.18. The number of hydrogen-bond acceptors (Lipinski definition) is 3. The van der Waals surface area contributed by atoms with Crippen molar-refractivity contribution >= 4 is 18.4 Å². The van der Waals surface area contributed by atoms with E-state index in [0.29, 0.717) is 6.08 Å². The van der Waals surface area contributed by atoms with E-state index in [9.17, 15) is 13.6 Å². The molecular weight excluding hydrogens is 206 g/mol. The molecule has 4 nitrogen and oxygen atoms in total. The third-order valence-electron chi connectivity index (χ3n) is 1.26. The van der Waals surface area contributed by atoms with Crippen molar-refractivity contribution in [2.75, 3.05) is 6.54 Å². The van der Waals surface area contributed by atoms with Crippen LogP contribution in [0.1, 0.15) is 0 Å². The zero-order valence-corrected chi connectivity index (χ0v) is 7.43. The fourth-order valence-corrected chi connectivity index (χ4v) is 0.500. The van der Waals surface area contributed by atoms with Gasteiger partial charge in [0.15, 0.2) is 5.54 Å². The van der Waals surface area contributed by atoms with E-state index >= 15 is 0 Å². The van der Waals surface area contributed by atoms with Crippen LogP contribution >= 0.6 is 12.4 Å². The first kappa shape index (κ1) is 14.8. The van der Waals surface area contributed by atoms with Gasteiger partial charge in [-0.15, -0.1) is 12.4 Å². The molecule has 1 atom stereocenters. The summed E-state index contributed by atoms with van der Waals surface area (Å²) >= 11 is 0. The van der Waals surface area contributed by atoms with Gasteiger partial charge < -0.3 is 16.6 Å². The lowest BCUT2D eigenvalue weighted by atomic mass is 10.0.